The molecular weight excluding hydrogens is 661 g/mol. The first-order chi connectivity index (χ1) is 12.7. The molecule has 29 heavy (non-hydrogen) atoms. The van der Waals surface area contributed by atoms with Crippen LogP contribution >= 0.6 is 35.6 Å². The third-order valence-electron chi connectivity index (χ3n) is 1.68. The van der Waals surface area contributed by atoms with Gasteiger partial charge >= 0.3 is 54.1 Å². The molecule has 0 aromatic rings. The van der Waals surface area contributed by atoms with E-state index in [1.165, 1.54) is 0 Å². The third kappa shape index (κ3) is 37.2. The first-order valence-electron chi connectivity index (χ1n) is 7.26. The van der Waals surface area contributed by atoms with E-state index >= 15 is 0 Å². The van der Waals surface area contributed by atoms with Crippen LogP contribution in [0.25, 0.3) is 0 Å². The number of hydrogen-bond donors (Lipinski definition) is 0. The van der Waals surface area contributed by atoms with Gasteiger partial charge in [-0.05, 0) is 65.7 Å². The molecule has 1 rings (SSSR count). The summed E-state index contributed by atoms with van der Waals surface area (Å²) in [5.41, 5.74) is 0. The van der Waals surface area contributed by atoms with Gasteiger partial charge in [0.15, 0.2) is 5.92 Å². The number of halogens is 11. The van der Waals surface area contributed by atoms with Crippen LogP contribution in [-0.2, 0) is 14.8 Å². The first-order valence-corrected chi connectivity index (χ1v) is 17.5. The Morgan fingerprint density at radius 3 is 1.03 bits per heavy atom. The summed E-state index contributed by atoms with van der Waals surface area (Å²) in [6.45, 7) is 13.4. The second kappa shape index (κ2) is 19.1. The summed E-state index contributed by atoms with van der Waals surface area (Å²) in [6.07, 6.45) is -6.70. The fourth-order valence-electron chi connectivity index (χ4n) is 1.14. The Hall–Kier alpha value is 1.58. The molecule has 0 unspecified atom stereocenters. The quantitative estimate of drug-likeness (QED) is 0.114. The van der Waals surface area contributed by atoms with E-state index in [9.17, 15) is 43.6 Å². The molecule has 1 fully saturated rings. The summed E-state index contributed by atoms with van der Waals surface area (Å²) in [4.78, 5) is 0. The van der Waals surface area contributed by atoms with Crippen molar-refractivity contribution < 1.29 is 58.4 Å². The summed E-state index contributed by atoms with van der Waals surface area (Å²) in [5.74, 6) is -4.16. The van der Waals surface area contributed by atoms with Crippen molar-refractivity contribution in [3.05, 3.63) is 31.6 Å². The van der Waals surface area contributed by atoms with E-state index in [1.807, 2.05) is 19.8 Å². The average molecular weight is 684 g/mol. The summed E-state index contributed by atoms with van der Waals surface area (Å²) in [6, 6.07) is 0. The monoisotopic (exact) mass is 684 g/mol. The van der Waals surface area contributed by atoms with Crippen molar-refractivity contribution in [2.24, 2.45) is 5.92 Å². The zero-order valence-corrected chi connectivity index (χ0v) is 21.9. The third-order valence-corrected chi connectivity index (χ3v) is 1.68. The maximum atomic E-state index is 12.1. The number of hydrogen-bond acceptors (Lipinski definition) is 0. The Kier molecular flexibility index (Phi) is 24.9. The predicted octanol–water partition coefficient (Wildman–Crippen LogP) is 8.03. The van der Waals surface area contributed by atoms with Gasteiger partial charge in [-0.25, -0.2) is 0 Å². The Morgan fingerprint density at radius 1 is 0.724 bits per heavy atom. The molecular formula is C14H23BF10IP2Rh+. The molecule has 0 saturated heterocycles. The molecule has 1 aliphatic carbocycles. The van der Waals surface area contributed by atoms with Gasteiger partial charge < -0.3 is 17.3 Å². The van der Waals surface area contributed by atoms with Gasteiger partial charge in [0.2, 0.25) is 0 Å². The van der Waals surface area contributed by atoms with Crippen LogP contribution in [0.3, 0.4) is 0 Å². The van der Waals surface area contributed by atoms with Crippen molar-refractivity contribution in [1.82, 2.24) is 0 Å². The summed E-state index contributed by atoms with van der Waals surface area (Å²) in [5, 5.41) is 0. The zero-order valence-electron chi connectivity index (χ0n) is 16.3. The van der Waals surface area contributed by atoms with Crippen molar-refractivity contribution in [1.29, 1.82) is 0 Å². The van der Waals surface area contributed by atoms with Crippen molar-refractivity contribution in [3.8, 4) is 0 Å². The predicted molar refractivity (Wildman–Crippen MR) is 110 cm³/mol. The molecule has 0 aromatic heterocycles. The van der Waals surface area contributed by atoms with Gasteiger partial charge in [-0.1, -0.05) is 0 Å². The summed E-state index contributed by atoms with van der Waals surface area (Å²) in [7, 11) is -5.24. The van der Waals surface area contributed by atoms with E-state index in [1.54, 1.807) is 0 Å². The maximum absolute atomic E-state index is 12.1. The van der Waals surface area contributed by atoms with Gasteiger partial charge in [-0.3, -0.25) is 0 Å². The van der Waals surface area contributed by atoms with Crippen molar-refractivity contribution in [2.45, 2.75) is 12.4 Å². The molecule has 0 amide bonds. The number of rotatable bonds is 1. The van der Waals surface area contributed by atoms with Crippen LogP contribution in [0.1, 0.15) is 0 Å². The molecule has 0 nitrogen and oxygen atoms in total. The molecule has 1 saturated carbocycles. The van der Waals surface area contributed by atoms with Crippen LogP contribution in [0, 0.1) is 37.5 Å². The van der Waals surface area contributed by atoms with Crippen LogP contribution in [0.2, 0.25) is 0 Å². The van der Waals surface area contributed by atoms with Crippen molar-refractivity contribution in [3.63, 3.8) is 0 Å². The molecule has 0 spiro atoms. The van der Waals surface area contributed by atoms with Crippen molar-refractivity contribution in [2.75, 3.05) is 40.0 Å². The zero-order chi connectivity index (χ0) is 24.6. The fraction of sp³-hybridized carbons (Fsp3) is 0.643. The van der Waals surface area contributed by atoms with Gasteiger partial charge in [0.05, 0.1) is 0 Å². The van der Waals surface area contributed by atoms with Gasteiger partial charge in [-0.2, -0.15) is 26.3 Å². The molecule has 0 aliphatic heterocycles. The SMILES string of the molecule is CP(C)C.CP(C)C.FC(F)(F)C([C]1[CH][CH][CH][CH]1)C(F)(F)F.F[B-](F)(F)F.[Rh+2][I]. The topological polar surface area (TPSA) is 0 Å². The summed E-state index contributed by atoms with van der Waals surface area (Å²) >= 11 is 4.56. The van der Waals surface area contributed by atoms with Crippen LogP contribution in [0.4, 0.5) is 43.6 Å². The Morgan fingerprint density at radius 2 is 0.897 bits per heavy atom. The van der Waals surface area contributed by atoms with E-state index in [2.05, 4.69) is 54.8 Å². The molecule has 5 radical (unpaired) electrons. The van der Waals surface area contributed by atoms with Gasteiger partial charge in [0.25, 0.3) is 0 Å². The normalized spacial score (nSPS) is 14.8. The Labute approximate surface area is 190 Å². The van der Waals surface area contributed by atoms with E-state index in [-0.39, 0.29) is 0 Å². The molecule has 0 atom stereocenters. The van der Waals surface area contributed by atoms with Crippen LogP contribution in [-0.4, -0.2) is 59.6 Å². The first kappa shape index (κ1) is 37.9. The molecule has 0 bridgehead atoms. The summed E-state index contributed by atoms with van der Waals surface area (Å²) < 4.78 is 111. The van der Waals surface area contributed by atoms with Crippen LogP contribution in [0.15, 0.2) is 0 Å². The molecule has 1 aliphatic rings. The van der Waals surface area contributed by atoms with Gasteiger partial charge in [0.1, 0.15) is 0 Å². The minimum absolute atomic E-state index is 0.380. The number of alkyl halides is 6. The van der Waals surface area contributed by atoms with E-state index < -0.39 is 31.4 Å². The second-order valence-corrected chi connectivity index (χ2v) is 11.3. The molecule has 0 aromatic carbocycles. The molecule has 0 heterocycles. The minimum atomic E-state index is -6.00. The van der Waals surface area contributed by atoms with Crippen LogP contribution < -0.4 is 0 Å². The van der Waals surface area contributed by atoms with E-state index in [0.717, 1.165) is 25.7 Å². The van der Waals surface area contributed by atoms with Crippen molar-refractivity contribution >= 4 is 42.8 Å². The van der Waals surface area contributed by atoms with E-state index in [4.69, 9.17) is 0 Å². The Balaban J connectivity index is -0.000000172. The second-order valence-electron chi connectivity index (χ2n) is 5.91. The molecule has 15 heteroatoms. The standard InChI is InChI=1S/C8H5F6.2C3H9P.BF4.HI.Rh/c9-7(10,11)6(8(12,13)14)5-3-1-2-4-5;2*1-4(2)3;2-1(3,4)5;;/h1-4,6H;2*1-3H3;;1H;/q;;;-1;;+3/p-1. The van der Waals surface area contributed by atoms with E-state index in [0.29, 0.717) is 15.8 Å². The average Bonchev–Trinajstić information content (AvgIpc) is 2.87. The van der Waals surface area contributed by atoms with Gasteiger partial charge in [-0.15, -0.1) is 15.8 Å². The molecule has 177 valence electrons. The Bertz CT molecular complexity index is 328. The van der Waals surface area contributed by atoms with Gasteiger partial charge in [0, 0.05) is 5.92 Å². The molecule has 0 N–H and O–H groups in total. The fourth-order valence-corrected chi connectivity index (χ4v) is 1.14. The van der Waals surface area contributed by atoms with Crippen LogP contribution in [0.5, 0.6) is 0 Å².